The summed E-state index contributed by atoms with van der Waals surface area (Å²) in [4.78, 5) is 16.5. The van der Waals surface area contributed by atoms with Crippen LogP contribution < -0.4 is 5.32 Å². The quantitative estimate of drug-likeness (QED) is 0.908. The highest BCUT2D eigenvalue weighted by Gasteiger charge is 2.40. The Bertz CT molecular complexity index is 692. The molecule has 2 bridgehead atoms. The maximum atomic E-state index is 12.4. The summed E-state index contributed by atoms with van der Waals surface area (Å²) in [7, 11) is 0. The Hall–Kier alpha value is -2.10. The molecule has 1 N–H and O–H groups in total. The van der Waals surface area contributed by atoms with Crippen LogP contribution in [-0.4, -0.2) is 15.5 Å². The summed E-state index contributed by atoms with van der Waals surface area (Å²) in [5, 5.41) is 3.18. The summed E-state index contributed by atoms with van der Waals surface area (Å²) in [5.74, 6) is 2.55. The standard InChI is InChI=1S/C20H25N3O/c1-14(16-4-6-19(7-5-16)23-9-8-21-13-23)22-20(24)12-18-11-15-2-3-17(18)10-15/h4-9,13-15,17-18H,2-3,10-12H2,1H3,(H,22,24)/t14-,15+,17+,18-/m1/s1. The van der Waals surface area contributed by atoms with E-state index in [-0.39, 0.29) is 11.9 Å². The van der Waals surface area contributed by atoms with Crippen molar-refractivity contribution in [3.05, 3.63) is 48.5 Å². The lowest BCUT2D eigenvalue weighted by Gasteiger charge is -2.22. The highest BCUT2D eigenvalue weighted by Crippen LogP contribution is 2.49. The summed E-state index contributed by atoms with van der Waals surface area (Å²) in [6, 6.07) is 8.34. The van der Waals surface area contributed by atoms with Gasteiger partial charge in [0.25, 0.3) is 0 Å². The molecule has 2 aromatic rings. The van der Waals surface area contributed by atoms with Gasteiger partial charge in [-0.1, -0.05) is 18.6 Å². The lowest BCUT2D eigenvalue weighted by Crippen LogP contribution is -2.29. The molecule has 1 aromatic heterocycles. The van der Waals surface area contributed by atoms with Gasteiger partial charge in [-0.15, -0.1) is 0 Å². The van der Waals surface area contributed by atoms with Crippen molar-refractivity contribution in [2.75, 3.05) is 0 Å². The molecule has 2 fully saturated rings. The van der Waals surface area contributed by atoms with Crippen LogP contribution in [0.4, 0.5) is 0 Å². The molecule has 4 rings (SSSR count). The Kier molecular flexibility index (Phi) is 4.13. The number of rotatable bonds is 5. The number of imidazole rings is 1. The summed E-state index contributed by atoms with van der Waals surface area (Å²) in [6.45, 7) is 2.06. The normalized spacial score (nSPS) is 26.5. The number of amides is 1. The summed E-state index contributed by atoms with van der Waals surface area (Å²) < 4.78 is 1.97. The minimum absolute atomic E-state index is 0.0490. The summed E-state index contributed by atoms with van der Waals surface area (Å²) >= 11 is 0. The maximum absolute atomic E-state index is 12.4. The Balaban J connectivity index is 1.33. The first-order valence-corrected chi connectivity index (χ1v) is 9.06. The molecule has 0 radical (unpaired) electrons. The summed E-state index contributed by atoms with van der Waals surface area (Å²) in [6.07, 6.45) is 11.6. The number of carbonyl (C=O) groups excluding carboxylic acids is 1. The molecule has 0 unspecified atom stereocenters. The van der Waals surface area contributed by atoms with Gasteiger partial charge in [0.1, 0.15) is 0 Å². The first kappa shape index (κ1) is 15.4. The lowest BCUT2D eigenvalue weighted by molar-refractivity contribution is -0.123. The van der Waals surface area contributed by atoms with E-state index in [1.807, 2.05) is 10.8 Å². The molecule has 4 nitrogen and oxygen atoms in total. The molecule has 2 saturated carbocycles. The number of fused-ring (bicyclic) bond motifs is 2. The van der Waals surface area contributed by atoms with Crippen LogP contribution in [0.15, 0.2) is 43.0 Å². The molecule has 24 heavy (non-hydrogen) atoms. The number of aromatic nitrogens is 2. The Morgan fingerprint density at radius 2 is 2.12 bits per heavy atom. The Labute approximate surface area is 143 Å². The monoisotopic (exact) mass is 323 g/mol. The van der Waals surface area contributed by atoms with Crippen LogP contribution in [-0.2, 0) is 4.79 Å². The van der Waals surface area contributed by atoms with E-state index in [0.717, 1.165) is 23.1 Å². The Morgan fingerprint density at radius 1 is 1.29 bits per heavy atom. The molecule has 0 spiro atoms. The predicted octanol–water partition coefficient (Wildman–Crippen LogP) is 3.88. The summed E-state index contributed by atoms with van der Waals surface area (Å²) in [5.41, 5.74) is 2.22. The third-order valence-electron chi connectivity index (χ3n) is 5.91. The lowest BCUT2D eigenvalue weighted by atomic mass is 9.86. The van der Waals surface area contributed by atoms with Crippen molar-refractivity contribution in [2.24, 2.45) is 17.8 Å². The fraction of sp³-hybridized carbons (Fsp3) is 0.500. The van der Waals surface area contributed by atoms with Gasteiger partial charge in [-0.3, -0.25) is 4.79 Å². The van der Waals surface area contributed by atoms with Gasteiger partial charge in [0.15, 0.2) is 0 Å². The van der Waals surface area contributed by atoms with Crippen LogP contribution in [0.1, 0.15) is 50.6 Å². The maximum Gasteiger partial charge on any atom is 0.220 e. The predicted molar refractivity (Wildman–Crippen MR) is 93.7 cm³/mol. The van der Waals surface area contributed by atoms with Gasteiger partial charge in [0.2, 0.25) is 5.91 Å². The van der Waals surface area contributed by atoms with E-state index in [4.69, 9.17) is 0 Å². The van der Waals surface area contributed by atoms with E-state index in [1.54, 1.807) is 12.5 Å². The molecule has 1 heterocycles. The van der Waals surface area contributed by atoms with Crippen molar-refractivity contribution in [3.63, 3.8) is 0 Å². The zero-order valence-electron chi connectivity index (χ0n) is 14.2. The van der Waals surface area contributed by atoms with Crippen molar-refractivity contribution >= 4 is 5.91 Å². The second kappa shape index (κ2) is 6.42. The van der Waals surface area contributed by atoms with Crippen LogP contribution in [0.3, 0.4) is 0 Å². The molecule has 2 aliphatic carbocycles. The van der Waals surface area contributed by atoms with Crippen LogP contribution >= 0.6 is 0 Å². The zero-order chi connectivity index (χ0) is 16.5. The number of nitrogens with zero attached hydrogens (tertiary/aromatic N) is 2. The van der Waals surface area contributed by atoms with Crippen molar-refractivity contribution < 1.29 is 4.79 Å². The third-order valence-corrected chi connectivity index (χ3v) is 5.91. The van der Waals surface area contributed by atoms with Crippen molar-refractivity contribution in [1.82, 2.24) is 14.9 Å². The van der Waals surface area contributed by atoms with E-state index in [0.29, 0.717) is 12.3 Å². The topological polar surface area (TPSA) is 46.9 Å². The first-order valence-electron chi connectivity index (χ1n) is 9.06. The molecule has 1 aromatic carbocycles. The van der Waals surface area contributed by atoms with Gasteiger partial charge in [0, 0.05) is 24.5 Å². The van der Waals surface area contributed by atoms with E-state index >= 15 is 0 Å². The molecule has 126 valence electrons. The van der Waals surface area contributed by atoms with Crippen molar-refractivity contribution in [1.29, 1.82) is 0 Å². The Morgan fingerprint density at radius 3 is 2.75 bits per heavy atom. The molecule has 2 aliphatic rings. The first-order chi connectivity index (χ1) is 11.7. The minimum atomic E-state index is 0.0490. The van der Waals surface area contributed by atoms with Crippen LogP contribution in [0, 0.1) is 17.8 Å². The van der Waals surface area contributed by atoms with Crippen LogP contribution in [0.2, 0.25) is 0 Å². The number of benzene rings is 1. The third kappa shape index (κ3) is 3.10. The molecule has 0 saturated heterocycles. The zero-order valence-corrected chi connectivity index (χ0v) is 14.2. The van der Waals surface area contributed by atoms with E-state index in [1.165, 1.54) is 25.7 Å². The fourth-order valence-electron chi connectivity index (χ4n) is 4.60. The molecule has 4 heteroatoms. The molecule has 0 aliphatic heterocycles. The SMILES string of the molecule is C[C@@H](NC(=O)C[C@H]1C[C@H]2CC[C@H]1C2)c1ccc(-n2ccnc2)cc1. The number of nitrogens with one attached hydrogen (secondary N) is 1. The van der Waals surface area contributed by atoms with Gasteiger partial charge < -0.3 is 9.88 Å². The van der Waals surface area contributed by atoms with Crippen LogP contribution in [0.25, 0.3) is 5.69 Å². The fourth-order valence-corrected chi connectivity index (χ4v) is 4.60. The second-order valence-electron chi connectivity index (χ2n) is 7.49. The highest BCUT2D eigenvalue weighted by molar-refractivity contribution is 5.76. The van der Waals surface area contributed by atoms with E-state index in [9.17, 15) is 4.79 Å². The molecular formula is C20H25N3O. The molecular weight excluding hydrogens is 298 g/mol. The van der Waals surface area contributed by atoms with Crippen molar-refractivity contribution in [3.8, 4) is 5.69 Å². The van der Waals surface area contributed by atoms with Crippen molar-refractivity contribution in [2.45, 2.75) is 45.1 Å². The molecule has 4 atom stereocenters. The second-order valence-corrected chi connectivity index (χ2v) is 7.49. The van der Waals surface area contributed by atoms with Gasteiger partial charge in [-0.25, -0.2) is 4.98 Å². The van der Waals surface area contributed by atoms with Gasteiger partial charge in [-0.05, 0) is 61.6 Å². The largest absolute Gasteiger partial charge is 0.350 e. The number of hydrogen-bond donors (Lipinski definition) is 1. The average molecular weight is 323 g/mol. The van der Waals surface area contributed by atoms with Gasteiger partial charge in [-0.2, -0.15) is 0 Å². The molecule has 1 amide bonds. The van der Waals surface area contributed by atoms with E-state index < -0.39 is 0 Å². The number of carbonyl (C=O) groups is 1. The minimum Gasteiger partial charge on any atom is -0.350 e. The van der Waals surface area contributed by atoms with Gasteiger partial charge >= 0.3 is 0 Å². The van der Waals surface area contributed by atoms with Gasteiger partial charge in [0.05, 0.1) is 12.4 Å². The average Bonchev–Trinajstić information content (AvgIpc) is 3.32. The number of hydrogen-bond acceptors (Lipinski definition) is 2. The van der Waals surface area contributed by atoms with Crippen LogP contribution in [0.5, 0.6) is 0 Å². The van der Waals surface area contributed by atoms with E-state index in [2.05, 4.69) is 41.5 Å². The highest BCUT2D eigenvalue weighted by atomic mass is 16.1. The smallest absolute Gasteiger partial charge is 0.220 e.